The van der Waals surface area contributed by atoms with Crippen LogP contribution in [0, 0.1) is 11.6 Å². The van der Waals surface area contributed by atoms with E-state index in [4.69, 9.17) is 0 Å². The number of benzene rings is 1. The topological polar surface area (TPSA) is 84.5 Å². The molecule has 2 amide bonds. The van der Waals surface area contributed by atoms with Crippen LogP contribution in [0.4, 0.5) is 8.78 Å². The summed E-state index contributed by atoms with van der Waals surface area (Å²) >= 11 is 0. The summed E-state index contributed by atoms with van der Waals surface area (Å²) in [4.78, 5) is 34.7. The summed E-state index contributed by atoms with van der Waals surface area (Å²) in [5.74, 6) is -4.29. The number of amides is 2. The highest BCUT2D eigenvalue weighted by Crippen LogP contribution is 2.09. The number of esters is 1. The highest BCUT2D eigenvalue weighted by molar-refractivity contribution is 5.92. The second-order valence-electron chi connectivity index (χ2n) is 4.79. The number of halogens is 2. The lowest BCUT2D eigenvalue weighted by atomic mass is 10.2. The van der Waals surface area contributed by atoms with E-state index in [1.165, 1.54) is 6.92 Å². The summed E-state index contributed by atoms with van der Waals surface area (Å²) in [6.07, 6.45) is 0.762. The van der Waals surface area contributed by atoms with Crippen LogP contribution in [-0.2, 0) is 14.3 Å². The molecule has 2 N–H and O–H groups in total. The minimum Gasteiger partial charge on any atom is -0.452 e. The summed E-state index contributed by atoms with van der Waals surface area (Å²) in [7, 11) is 0. The van der Waals surface area contributed by atoms with Gasteiger partial charge in [-0.3, -0.25) is 9.59 Å². The normalized spacial score (nSPS) is 11.5. The molecule has 1 aromatic carbocycles. The molecule has 1 aromatic rings. The van der Waals surface area contributed by atoms with Crippen molar-refractivity contribution in [3.63, 3.8) is 0 Å². The van der Waals surface area contributed by atoms with Crippen LogP contribution < -0.4 is 10.6 Å². The number of carbonyl (C=O) groups excluding carboxylic acids is 3. The maximum absolute atomic E-state index is 13.0. The largest absolute Gasteiger partial charge is 0.452 e. The molecule has 0 heterocycles. The molecule has 0 aliphatic rings. The van der Waals surface area contributed by atoms with E-state index in [-0.39, 0.29) is 11.5 Å². The maximum atomic E-state index is 13.0. The first kappa shape index (κ1) is 18.5. The van der Waals surface area contributed by atoms with Gasteiger partial charge in [-0.05, 0) is 31.5 Å². The van der Waals surface area contributed by atoms with E-state index in [2.05, 4.69) is 15.4 Å². The predicted octanol–water partition coefficient (Wildman–Crippen LogP) is 1.15. The minimum atomic E-state index is -1.19. The van der Waals surface area contributed by atoms with Crippen molar-refractivity contribution in [2.45, 2.75) is 26.3 Å². The summed E-state index contributed by atoms with van der Waals surface area (Å²) in [6, 6.07) is 1.72. The van der Waals surface area contributed by atoms with E-state index in [0.29, 0.717) is 12.6 Å². The van der Waals surface area contributed by atoms with Crippen molar-refractivity contribution < 1.29 is 27.9 Å². The Balaban J connectivity index is 2.44. The zero-order chi connectivity index (χ0) is 17.4. The van der Waals surface area contributed by atoms with Crippen molar-refractivity contribution in [1.29, 1.82) is 0 Å². The first-order chi connectivity index (χ1) is 10.8. The minimum absolute atomic E-state index is 0.217. The van der Waals surface area contributed by atoms with Crippen molar-refractivity contribution in [1.82, 2.24) is 10.6 Å². The SMILES string of the molecule is CCCNC(=O)[C@H](C)NC(=O)COC(=O)c1ccc(F)c(F)c1. The summed E-state index contributed by atoms with van der Waals surface area (Å²) in [6.45, 7) is 3.23. The lowest BCUT2D eigenvalue weighted by Crippen LogP contribution is -2.46. The molecular weight excluding hydrogens is 310 g/mol. The molecule has 1 rings (SSSR count). The predicted molar refractivity (Wildman–Crippen MR) is 77.5 cm³/mol. The number of nitrogens with one attached hydrogen (secondary N) is 2. The summed E-state index contributed by atoms with van der Waals surface area (Å²) in [5.41, 5.74) is -0.217. The molecule has 126 valence electrons. The fourth-order valence-electron chi connectivity index (χ4n) is 1.59. The van der Waals surface area contributed by atoms with Gasteiger partial charge in [-0.2, -0.15) is 0 Å². The van der Waals surface area contributed by atoms with E-state index in [0.717, 1.165) is 18.6 Å². The zero-order valence-corrected chi connectivity index (χ0v) is 12.8. The van der Waals surface area contributed by atoms with Crippen molar-refractivity contribution in [3.8, 4) is 0 Å². The average molecular weight is 328 g/mol. The molecule has 23 heavy (non-hydrogen) atoms. The molecule has 0 unspecified atom stereocenters. The molecule has 0 aromatic heterocycles. The number of ether oxygens (including phenoxy) is 1. The molecule has 0 aliphatic carbocycles. The molecule has 6 nitrogen and oxygen atoms in total. The standard InChI is InChI=1S/C15H18F2N2O4/c1-3-6-18-14(21)9(2)19-13(20)8-23-15(22)10-4-5-11(16)12(17)7-10/h4-5,7,9H,3,6,8H2,1-2H3,(H,18,21)(H,19,20)/t9-/m0/s1. The first-order valence-corrected chi connectivity index (χ1v) is 7.04. The van der Waals surface area contributed by atoms with Crippen LogP contribution in [0.25, 0.3) is 0 Å². The fraction of sp³-hybridized carbons (Fsp3) is 0.400. The van der Waals surface area contributed by atoms with Gasteiger partial charge in [-0.25, -0.2) is 13.6 Å². The third-order valence-electron chi connectivity index (χ3n) is 2.81. The number of carbonyl (C=O) groups is 3. The smallest absolute Gasteiger partial charge is 0.338 e. The Hall–Kier alpha value is -2.51. The van der Waals surface area contributed by atoms with Gasteiger partial charge in [-0.15, -0.1) is 0 Å². The third-order valence-corrected chi connectivity index (χ3v) is 2.81. The first-order valence-electron chi connectivity index (χ1n) is 7.04. The molecule has 0 aliphatic heterocycles. The number of hydrogen-bond acceptors (Lipinski definition) is 4. The van der Waals surface area contributed by atoms with Gasteiger partial charge < -0.3 is 15.4 Å². The zero-order valence-electron chi connectivity index (χ0n) is 12.8. The fourth-order valence-corrected chi connectivity index (χ4v) is 1.59. The van der Waals surface area contributed by atoms with Crippen LogP contribution >= 0.6 is 0 Å². The van der Waals surface area contributed by atoms with Gasteiger partial charge in [0.05, 0.1) is 5.56 Å². The lowest BCUT2D eigenvalue weighted by Gasteiger charge is -2.13. The van der Waals surface area contributed by atoms with Gasteiger partial charge in [0.2, 0.25) is 5.91 Å². The lowest BCUT2D eigenvalue weighted by molar-refractivity contribution is -0.130. The molecule has 0 saturated heterocycles. The molecule has 0 bridgehead atoms. The van der Waals surface area contributed by atoms with Crippen molar-refractivity contribution >= 4 is 17.8 Å². The van der Waals surface area contributed by atoms with Crippen LogP contribution in [0.5, 0.6) is 0 Å². The van der Waals surface area contributed by atoms with E-state index in [1.54, 1.807) is 0 Å². The summed E-state index contributed by atoms with van der Waals surface area (Å²) < 4.78 is 30.4. The van der Waals surface area contributed by atoms with Crippen LogP contribution in [0.2, 0.25) is 0 Å². The Morgan fingerprint density at radius 3 is 2.52 bits per heavy atom. The van der Waals surface area contributed by atoms with E-state index in [1.807, 2.05) is 6.92 Å². The molecule has 0 spiro atoms. The van der Waals surface area contributed by atoms with E-state index in [9.17, 15) is 23.2 Å². The molecule has 8 heteroatoms. The Kier molecular flexibility index (Phi) is 7.11. The molecule has 1 atom stereocenters. The Labute approximate surface area is 132 Å². The van der Waals surface area contributed by atoms with Crippen LogP contribution in [0.15, 0.2) is 18.2 Å². The van der Waals surface area contributed by atoms with Gasteiger partial charge in [0.15, 0.2) is 18.2 Å². The second-order valence-corrected chi connectivity index (χ2v) is 4.79. The van der Waals surface area contributed by atoms with Gasteiger partial charge in [-0.1, -0.05) is 6.92 Å². The second kappa shape index (κ2) is 8.82. The Morgan fingerprint density at radius 1 is 1.22 bits per heavy atom. The van der Waals surface area contributed by atoms with E-state index < -0.39 is 36.2 Å². The Bertz CT molecular complexity index is 593. The van der Waals surface area contributed by atoms with Gasteiger partial charge in [0.25, 0.3) is 5.91 Å². The monoisotopic (exact) mass is 328 g/mol. The van der Waals surface area contributed by atoms with Gasteiger partial charge >= 0.3 is 5.97 Å². The van der Waals surface area contributed by atoms with Crippen molar-refractivity contribution in [2.75, 3.05) is 13.2 Å². The molecule has 0 fully saturated rings. The van der Waals surface area contributed by atoms with Crippen LogP contribution in [0.3, 0.4) is 0 Å². The number of hydrogen-bond donors (Lipinski definition) is 2. The maximum Gasteiger partial charge on any atom is 0.338 e. The third kappa shape index (κ3) is 6.01. The quantitative estimate of drug-likeness (QED) is 0.736. The van der Waals surface area contributed by atoms with Crippen molar-refractivity contribution in [2.24, 2.45) is 0 Å². The van der Waals surface area contributed by atoms with Crippen molar-refractivity contribution in [3.05, 3.63) is 35.4 Å². The molecule has 0 saturated carbocycles. The highest BCUT2D eigenvalue weighted by Gasteiger charge is 2.17. The van der Waals surface area contributed by atoms with Crippen LogP contribution in [-0.4, -0.2) is 37.0 Å². The van der Waals surface area contributed by atoms with E-state index >= 15 is 0 Å². The van der Waals surface area contributed by atoms with Crippen LogP contribution in [0.1, 0.15) is 30.6 Å². The Morgan fingerprint density at radius 2 is 1.91 bits per heavy atom. The molecule has 0 radical (unpaired) electrons. The summed E-state index contributed by atoms with van der Waals surface area (Å²) in [5, 5.41) is 4.95. The average Bonchev–Trinajstić information content (AvgIpc) is 2.52. The molecular formula is C15H18F2N2O4. The van der Waals surface area contributed by atoms with Gasteiger partial charge in [0, 0.05) is 6.54 Å². The highest BCUT2D eigenvalue weighted by atomic mass is 19.2. The van der Waals surface area contributed by atoms with Gasteiger partial charge in [0.1, 0.15) is 6.04 Å². The number of rotatable bonds is 7.